The van der Waals surface area contributed by atoms with Crippen LogP contribution in [0.25, 0.3) is 0 Å². The van der Waals surface area contributed by atoms with Crippen molar-refractivity contribution in [1.29, 1.82) is 0 Å². The van der Waals surface area contributed by atoms with Crippen molar-refractivity contribution in [2.75, 3.05) is 33.4 Å². The summed E-state index contributed by atoms with van der Waals surface area (Å²) in [7, 11) is 2.01. The van der Waals surface area contributed by atoms with Crippen LogP contribution in [0.3, 0.4) is 0 Å². The molecule has 3 N–H and O–H groups in total. The molecule has 6 heteroatoms. The number of hydrogen-bond acceptors (Lipinski definition) is 5. The normalized spacial score (nSPS) is 28.8. The molecule has 2 saturated heterocycles. The highest BCUT2D eigenvalue weighted by Crippen LogP contribution is 2.35. The van der Waals surface area contributed by atoms with Crippen LogP contribution in [0.1, 0.15) is 25.7 Å². The Hall–Kier alpha value is -0.850. The molecule has 2 aliphatic heterocycles. The van der Waals surface area contributed by atoms with Gasteiger partial charge in [0.05, 0.1) is 12.1 Å². The zero-order valence-corrected chi connectivity index (χ0v) is 11.0. The molecule has 2 heterocycles. The van der Waals surface area contributed by atoms with E-state index in [1.807, 2.05) is 7.05 Å². The summed E-state index contributed by atoms with van der Waals surface area (Å²) in [6, 6.07) is 0.428. The lowest BCUT2D eigenvalue weighted by molar-refractivity contribution is -0.148. The Labute approximate surface area is 108 Å². The number of ether oxygens (including phenoxy) is 2. The van der Waals surface area contributed by atoms with Crippen LogP contribution in [-0.4, -0.2) is 61.0 Å². The predicted octanol–water partition coefficient (Wildman–Crippen LogP) is 0.393. The number of hydrogen-bond donors (Lipinski definition) is 2. The monoisotopic (exact) mass is 257 g/mol. The van der Waals surface area contributed by atoms with Gasteiger partial charge >= 0.3 is 0 Å². The molecule has 18 heavy (non-hydrogen) atoms. The number of rotatable bonds is 3. The van der Waals surface area contributed by atoms with Crippen molar-refractivity contribution in [3.8, 4) is 0 Å². The minimum Gasteiger partial charge on any atom is -0.409 e. The molecule has 2 fully saturated rings. The van der Waals surface area contributed by atoms with Gasteiger partial charge in [-0.3, -0.25) is 4.90 Å². The molecule has 1 atom stereocenters. The molecular formula is C12H23N3O3. The van der Waals surface area contributed by atoms with Crippen LogP contribution >= 0.6 is 0 Å². The topological polar surface area (TPSA) is 80.3 Å². The van der Waals surface area contributed by atoms with Crippen LogP contribution in [0.5, 0.6) is 0 Å². The first kappa shape index (κ1) is 13.6. The summed E-state index contributed by atoms with van der Waals surface area (Å²) in [6.45, 7) is 2.85. The van der Waals surface area contributed by atoms with Crippen molar-refractivity contribution in [3.63, 3.8) is 0 Å². The van der Waals surface area contributed by atoms with Crippen molar-refractivity contribution in [3.05, 3.63) is 0 Å². The van der Waals surface area contributed by atoms with E-state index in [1.165, 1.54) is 0 Å². The maximum atomic E-state index is 8.62. The fourth-order valence-corrected chi connectivity index (χ4v) is 2.89. The van der Waals surface area contributed by atoms with Gasteiger partial charge in [-0.05, 0) is 32.7 Å². The van der Waals surface area contributed by atoms with E-state index in [4.69, 9.17) is 20.4 Å². The number of nitrogens with two attached hydrogens (primary N) is 1. The van der Waals surface area contributed by atoms with E-state index in [9.17, 15) is 0 Å². The van der Waals surface area contributed by atoms with Gasteiger partial charge in [0.2, 0.25) is 0 Å². The van der Waals surface area contributed by atoms with E-state index >= 15 is 0 Å². The van der Waals surface area contributed by atoms with Crippen LogP contribution in [0, 0.1) is 0 Å². The highest BCUT2D eigenvalue weighted by Gasteiger charge is 2.40. The summed E-state index contributed by atoms with van der Waals surface area (Å²) in [5, 5.41) is 11.6. The predicted molar refractivity (Wildman–Crippen MR) is 67.8 cm³/mol. The van der Waals surface area contributed by atoms with Crippen LogP contribution < -0.4 is 5.73 Å². The molecule has 0 radical (unpaired) electrons. The van der Waals surface area contributed by atoms with E-state index in [1.54, 1.807) is 0 Å². The fraction of sp³-hybridized carbons (Fsp3) is 0.917. The van der Waals surface area contributed by atoms with Gasteiger partial charge in [-0.15, -0.1) is 0 Å². The molecule has 0 saturated carbocycles. The quantitative estimate of drug-likeness (QED) is 0.331. The summed E-state index contributed by atoms with van der Waals surface area (Å²) < 4.78 is 11.4. The van der Waals surface area contributed by atoms with Gasteiger partial charge in [0.15, 0.2) is 5.84 Å². The second kappa shape index (κ2) is 5.86. The van der Waals surface area contributed by atoms with Gasteiger partial charge in [-0.25, -0.2) is 0 Å². The third kappa shape index (κ3) is 3.13. The van der Waals surface area contributed by atoms with E-state index in [2.05, 4.69) is 10.1 Å². The first-order valence-corrected chi connectivity index (χ1v) is 6.53. The van der Waals surface area contributed by atoms with Crippen molar-refractivity contribution >= 4 is 5.84 Å². The molecular weight excluding hydrogens is 234 g/mol. The number of oxime groups is 1. The smallest absolute Gasteiger partial charge is 0.153 e. The molecule has 0 bridgehead atoms. The standard InChI is InChI=1S/C12H23N3O3/c1-15(9-11(13)14-16)10-2-5-18-12(8-10)3-6-17-7-4-12/h10,16H,2-9H2,1H3,(H2,13,14). The Morgan fingerprint density at radius 3 is 2.83 bits per heavy atom. The van der Waals surface area contributed by atoms with Crippen molar-refractivity contribution < 1.29 is 14.7 Å². The number of nitrogens with zero attached hydrogens (tertiary/aromatic N) is 2. The van der Waals surface area contributed by atoms with E-state index in [0.717, 1.165) is 45.5 Å². The second-order valence-electron chi connectivity index (χ2n) is 5.30. The number of amidine groups is 1. The molecule has 0 amide bonds. The number of likely N-dealkylation sites (N-methyl/N-ethyl adjacent to an activating group) is 1. The molecule has 0 aromatic heterocycles. The Balaban J connectivity index is 1.93. The maximum absolute atomic E-state index is 8.62. The minimum atomic E-state index is -0.0133. The van der Waals surface area contributed by atoms with E-state index in [-0.39, 0.29) is 11.4 Å². The molecule has 0 aliphatic carbocycles. The molecule has 0 aromatic carbocycles. The summed E-state index contributed by atoms with van der Waals surface area (Å²) in [5.41, 5.74) is 5.54. The lowest BCUT2D eigenvalue weighted by Gasteiger charge is -2.45. The van der Waals surface area contributed by atoms with E-state index in [0.29, 0.717) is 12.6 Å². The second-order valence-corrected chi connectivity index (χ2v) is 5.30. The molecule has 1 spiro atoms. The van der Waals surface area contributed by atoms with Crippen LogP contribution in [0.4, 0.5) is 0 Å². The SMILES string of the molecule is CN(CC(N)=NO)C1CCOC2(CCOCC2)C1. The van der Waals surface area contributed by atoms with Gasteiger partial charge in [-0.2, -0.15) is 0 Å². The van der Waals surface area contributed by atoms with Crippen molar-refractivity contribution in [2.45, 2.75) is 37.3 Å². The Morgan fingerprint density at radius 1 is 1.44 bits per heavy atom. The fourth-order valence-electron chi connectivity index (χ4n) is 2.89. The van der Waals surface area contributed by atoms with Crippen LogP contribution in [0.2, 0.25) is 0 Å². The van der Waals surface area contributed by atoms with Crippen LogP contribution in [0.15, 0.2) is 5.16 Å². The first-order valence-electron chi connectivity index (χ1n) is 6.53. The Kier molecular flexibility index (Phi) is 4.42. The average Bonchev–Trinajstić information content (AvgIpc) is 2.39. The van der Waals surface area contributed by atoms with Crippen LogP contribution in [-0.2, 0) is 9.47 Å². The van der Waals surface area contributed by atoms with Gasteiger partial charge in [0, 0.05) is 25.9 Å². The molecule has 0 aromatic rings. The third-order valence-corrected chi connectivity index (χ3v) is 4.03. The van der Waals surface area contributed by atoms with Gasteiger partial charge in [-0.1, -0.05) is 5.16 Å². The highest BCUT2D eigenvalue weighted by atomic mass is 16.5. The summed E-state index contributed by atoms with van der Waals surface area (Å²) in [4.78, 5) is 2.15. The zero-order valence-electron chi connectivity index (χ0n) is 11.0. The van der Waals surface area contributed by atoms with Gasteiger partial charge < -0.3 is 20.4 Å². The first-order chi connectivity index (χ1) is 8.65. The van der Waals surface area contributed by atoms with Crippen molar-refractivity contribution in [2.24, 2.45) is 10.9 Å². The lowest BCUT2D eigenvalue weighted by Crippen LogP contribution is -2.51. The summed E-state index contributed by atoms with van der Waals surface area (Å²) in [6.07, 6.45) is 3.95. The third-order valence-electron chi connectivity index (χ3n) is 4.03. The molecule has 2 aliphatic rings. The molecule has 2 rings (SSSR count). The average molecular weight is 257 g/mol. The Bertz CT molecular complexity index is 297. The van der Waals surface area contributed by atoms with E-state index < -0.39 is 0 Å². The van der Waals surface area contributed by atoms with Gasteiger partial charge in [0.25, 0.3) is 0 Å². The van der Waals surface area contributed by atoms with Crippen molar-refractivity contribution in [1.82, 2.24) is 4.90 Å². The lowest BCUT2D eigenvalue weighted by atomic mass is 9.83. The maximum Gasteiger partial charge on any atom is 0.153 e. The highest BCUT2D eigenvalue weighted by molar-refractivity contribution is 5.81. The van der Waals surface area contributed by atoms with Gasteiger partial charge in [0.1, 0.15) is 0 Å². The summed E-state index contributed by atoms with van der Waals surface area (Å²) >= 11 is 0. The molecule has 1 unspecified atom stereocenters. The minimum absolute atomic E-state index is 0.0133. The molecule has 6 nitrogen and oxygen atoms in total. The zero-order chi connectivity index (χ0) is 13.0. The summed E-state index contributed by atoms with van der Waals surface area (Å²) in [5.74, 6) is 0.255. The largest absolute Gasteiger partial charge is 0.409 e. The Morgan fingerprint density at radius 2 is 2.17 bits per heavy atom. The molecule has 104 valence electrons.